The number of carboxylic acids is 1. The summed E-state index contributed by atoms with van der Waals surface area (Å²) in [5, 5.41) is 11.8. The van der Waals surface area contributed by atoms with E-state index in [1.165, 1.54) is 0 Å². The Balaban J connectivity index is 2.13. The third-order valence-corrected chi connectivity index (χ3v) is 3.80. The van der Waals surface area contributed by atoms with Crippen LogP contribution in [0.1, 0.15) is 43.5 Å². The minimum atomic E-state index is -1.04. The Morgan fingerprint density at radius 1 is 1.35 bits per heavy atom. The molecule has 124 valence electrons. The van der Waals surface area contributed by atoms with Crippen LogP contribution in [0.15, 0.2) is 24.3 Å². The van der Waals surface area contributed by atoms with Crippen molar-refractivity contribution in [1.29, 1.82) is 0 Å². The highest BCUT2D eigenvalue weighted by Gasteiger charge is 2.24. The molecule has 0 bridgehead atoms. The number of hydrogen-bond acceptors (Lipinski definition) is 3. The van der Waals surface area contributed by atoms with Crippen LogP contribution in [0.5, 0.6) is 0 Å². The normalized spacial score (nSPS) is 15.8. The van der Waals surface area contributed by atoms with Crippen LogP contribution < -0.4 is 10.2 Å². The van der Waals surface area contributed by atoms with Gasteiger partial charge in [-0.25, -0.2) is 4.79 Å². The van der Waals surface area contributed by atoms with E-state index in [0.29, 0.717) is 30.6 Å². The number of rotatable bonds is 6. The number of hydrogen-bond donors (Lipinski definition) is 2. The van der Waals surface area contributed by atoms with Crippen LogP contribution in [0.4, 0.5) is 5.69 Å². The second kappa shape index (κ2) is 7.26. The molecule has 1 aliphatic heterocycles. The second-order valence-corrected chi connectivity index (χ2v) is 6.19. The molecule has 2 rings (SSSR count). The van der Waals surface area contributed by atoms with E-state index in [9.17, 15) is 19.5 Å². The molecule has 1 aliphatic rings. The molecule has 6 nitrogen and oxygen atoms in total. The van der Waals surface area contributed by atoms with Gasteiger partial charge >= 0.3 is 5.97 Å². The summed E-state index contributed by atoms with van der Waals surface area (Å²) < 4.78 is 0. The van der Waals surface area contributed by atoms with E-state index in [0.717, 1.165) is 6.42 Å². The van der Waals surface area contributed by atoms with Gasteiger partial charge in [-0.1, -0.05) is 19.9 Å². The molecule has 1 aromatic rings. The lowest BCUT2D eigenvalue weighted by Crippen LogP contribution is -2.41. The first kappa shape index (κ1) is 17.0. The molecule has 0 aromatic heterocycles. The molecule has 0 spiro atoms. The molecule has 0 saturated carbocycles. The molecule has 0 aliphatic carbocycles. The van der Waals surface area contributed by atoms with E-state index in [-0.39, 0.29) is 11.8 Å². The maximum Gasteiger partial charge on any atom is 0.326 e. The smallest absolute Gasteiger partial charge is 0.326 e. The quantitative estimate of drug-likeness (QED) is 0.840. The van der Waals surface area contributed by atoms with Crippen molar-refractivity contribution in [3.8, 4) is 0 Å². The number of nitrogens with zero attached hydrogens (tertiary/aromatic N) is 1. The number of carboxylic acid groups (broad SMARTS) is 1. The van der Waals surface area contributed by atoms with Crippen LogP contribution in [0.2, 0.25) is 0 Å². The lowest BCUT2D eigenvalue weighted by molar-refractivity contribution is -0.139. The van der Waals surface area contributed by atoms with Gasteiger partial charge in [-0.3, -0.25) is 9.59 Å². The van der Waals surface area contributed by atoms with Gasteiger partial charge in [0.2, 0.25) is 5.91 Å². The predicted octanol–water partition coefficient (Wildman–Crippen LogP) is 2.04. The zero-order valence-corrected chi connectivity index (χ0v) is 13.4. The molecule has 0 unspecified atom stereocenters. The fourth-order valence-corrected chi connectivity index (χ4v) is 2.67. The van der Waals surface area contributed by atoms with Crippen LogP contribution in [0.3, 0.4) is 0 Å². The predicted molar refractivity (Wildman–Crippen MR) is 86.4 cm³/mol. The maximum absolute atomic E-state index is 12.3. The summed E-state index contributed by atoms with van der Waals surface area (Å²) >= 11 is 0. The standard InChI is InChI=1S/C17H22N2O4/c1-11(2)9-14(17(22)23)18-16(21)12-5-3-6-13(10-12)19-8-4-7-15(19)20/h3,5-6,10-11,14H,4,7-9H2,1-2H3,(H,18,21)(H,22,23)/t14-/m0/s1. The first-order valence-corrected chi connectivity index (χ1v) is 7.82. The summed E-state index contributed by atoms with van der Waals surface area (Å²) in [6, 6.07) is 5.82. The Morgan fingerprint density at radius 2 is 2.09 bits per heavy atom. The third kappa shape index (κ3) is 4.31. The van der Waals surface area contributed by atoms with Crippen molar-refractivity contribution in [3.05, 3.63) is 29.8 Å². The number of amides is 2. The van der Waals surface area contributed by atoms with Gasteiger partial charge in [0.15, 0.2) is 0 Å². The van der Waals surface area contributed by atoms with E-state index in [1.807, 2.05) is 13.8 Å². The van der Waals surface area contributed by atoms with Gasteiger partial charge in [-0.05, 0) is 37.0 Å². The Morgan fingerprint density at radius 3 is 2.65 bits per heavy atom. The van der Waals surface area contributed by atoms with E-state index >= 15 is 0 Å². The van der Waals surface area contributed by atoms with Gasteiger partial charge in [-0.2, -0.15) is 0 Å². The van der Waals surface area contributed by atoms with Gasteiger partial charge < -0.3 is 15.3 Å². The number of benzene rings is 1. The first-order valence-electron chi connectivity index (χ1n) is 7.82. The van der Waals surface area contributed by atoms with Crippen LogP contribution in [0, 0.1) is 5.92 Å². The molecule has 1 heterocycles. The molecule has 1 aromatic carbocycles. The van der Waals surface area contributed by atoms with Crippen molar-refractivity contribution in [3.63, 3.8) is 0 Å². The largest absolute Gasteiger partial charge is 0.480 e. The van der Waals surface area contributed by atoms with E-state index in [2.05, 4.69) is 5.32 Å². The molecular weight excluding hydrogens is 296 g/mol. The molecule has 2 N–H and O–H groups in total. The van der Waals surface area contributed by atoms with E-state index in [4.69, 9.17) is 0 Å². The average Bonchev–Trinajstić information content (AvgIpc) is 2.92. The molecule has 1 fully saturated rings. The number of aliphatic carboxylic acids is 1. The average molecular weight is 318 g/mol. The number of nitrogens with one attached hydrogen (secondary N) is 1. The fourth-order valence-electron chi connectivity index (χ4n) is 2.67. The maximum atomic E-state index is 12.3. The molecule has 6 heteroatoms. The first-order chi connectivity index (χ1) is 10.9. The molecule has 1 atom stereocenters. The molecule has 1 saturated heterocycles. The lowest BCUT2D eigenvalue weighted by Gasteiger charge is -2.18. The summed E-state index contributed by atoms with van der Waals surface area (Å²) in [6.07, 6.45) is 1.70. The summed E-state index contributed by atoms with van der Waals surface area (Å²) in [4.78, 5) is 37.0. The third-order valence-electron chi connectivity index (χ3n) is 3.80. The molecule has 23 heavy (non-hydrogen) atoms. The Hall–Kier alpha value is -2.37. The van der Waals surface area contributed by atoms with Crippen molar-refractivity contribution in [1.82, 2.24) is 5.32 Å². The van der Waals surface area contributed by atoms with Crippen molar-refractivity contribution >= 4 is 23.5 Å². The summed E-state index contributed by atoms with van der Waals surface area (Å²) in [5.74, 6) is -1.28. The topological polar surface area (TPSA) is 86.7 Å². The summed E-state index contributed by atoms with van der Waals surface area (Å²) in [6.45, 7) is 4.46. The van der Waals surface area contributed by atoms with E-state index in [1.54, 1.807) is 29.2 Å². The van der Waals surface area contributed by atoms with Crippen LogP contribution in [0.25, 0.3) is 0 Å². The monoisotopic (exact) mass is 318 g/mol. The Labute approximate surface area is 135 Å². The minimum Gasteiger partial charge on any atom is -0.480 e. The van der Waals surface area contributed by atoms with E-state index < -0.39 is 17.9 Å². The fraction of sp³-hybridized carbons (Fsp3) is 0.471. The van der Waals surface area contributed by atoms with Crippen molar-refractivity contribution < 1.29 is 19.5 Å². The van der Waals surface area contributed by atoms with Gasteiger partial charge in [0, 0.05) is 24.2 Å². The van der Waals surface area contributed by atoms with Gasteiger partial charge in [-0.15, -0.1) is 0 Å². The summed E-state index contributed by atoms with van der Waals surface area (Å²) in [7, 11) is 0. The van der Waals surface area contributed by atoms with Crippen LogP contribution in [-0.4, -0.2) is 35.5 Å². The Kier molecular flexibility index (Phi) is 5.36. The molecule has 2 amide bonds. The highest BCUT2D eigenvalue weighted by molar-refractivity contribution is 6.00. The van der Waals surface area contributed by atoms with Crippen molar-refractivity contribution in [2.45, 2.75) is 39.2 Å². The zero-order valence-electron chi connectivity index (χ0n) is 13.4. The SMILES string of the molecule is CC(C)C[C@H](NC(=O)c1cccc(N2CCCC2=O)c1)C(=O)O. The van der Waals surface area contributed by atoms with Gasteiger partial charge in [0.25, 0.3) is 5.91 Å². The zero-order chi connectivity index (χ0) is 17.0. The second-order valence-electron chi connectivity index (χ2n) is 6.19. The molecular formula is C17H22N2O4. The minimum absolute atomic E-state index is 0.0470. The van der Waals surface area contributed by atoms with Gasteiger partial charge in [0.05, 0.1) is 0 Å². The number of anilines is 1. The lowest BCUT2D eigenvalue weighted by atomic mass is 10.0. The number of carbonyl (C=O) groups excluding carboxylic acids is 2. The molecule has 0 radical (unpaired) electrons. The highest BCUT2D eigenvalue weighted by atomic mass is 16.4. The van der Waals surface area contributed by atoms with Gasteiger partial charge in [0.1, 0.15) is 6.04 Å². The van der Waals surface area contributed by atoms with Crippen LogP contribution >= 0.6 is 0 Å². The highest BCUT2D eigenvalue weighted by Crippen LogP contribution is 2.22. The van der Waals surface area contributed by atoms with Crippen LogP contribution in [-0.2, 0) is 9.59 Å². The van der Waals surface area contributed by atoms with Crippen molar-refractivity contribution in [2.24, 2.45) is 5.92 Å². The van der Waals surface area contributed by atoms with Crippen molar-refractivity contribution in [2.75, 3.05) is 11.4 Å². The Bertz CT molecular complexity index is 612. The number of carbonyl (C=O) groups is 3. The summed E-state index contributed by atoms with van der Waals surface area (Å²) in [5.41, 5.74) is 1.04.